The molecule has 3 aromatic rings. The smallest absolute Gasteiger partial charge is 0.343 e. The quantitative estimate of drug-likeness (QED) is 0.121. The van der Waals surface area contributed by atoms with Crippen molar-refractivity contribution in [1.82, 2.24) is 5.43 Å². The molecule has 0 aromatic heterocycles. The Labute approximate surface area is 216 Å². The van der Waals surface area contributed by atoms with E-state index in [1.54, 1.807) is 36.4 Å². The number of hydrogen-bond donors (Lipinski definition) is 1. The van der Waals surface area contributed by atoms with Gasteiger partial charge < -0.3 is 14.2 Å². The fourth-order valence-corrected chi connectivity index (χ4v) is 3.49. The average Bonchev–Trinajstić information content (AvgIpc) is 2.84. The number of esters is 1. The van der Waals surface area contributed by atoms with Gasteiger partial charge in [-0.15, -0.1) is 0 Å². The van der Waals surface area contributed by atoms with E-state index in [2.05, 4.69) is 42.4 Å². The monoisotopic (exact) mass is 605 g/mol. The lowest BCUT2D eigenvalue weighted by atomic mass is 10.2. The minimum absolute atomic E-state index is 0.127. The fourth-order valence-electron chi connectivity index (χ4n) is 2.67. The van der Waals surface area contributed by atoms with Crippen LogP contribution in [0.4, 0.5) is 5.69 Å². The van der Waals surface area contributed by atoms with Gasteiger partial charge in [-0.2, -0.15) is 5.10 Å². The molecule has 12 heteroatoms. The number of benzene rings is 3. The molecule has 10 nitrogen and oxygen atoms in total. The predicted molar refractivity (Wildman–Crippen MR) is 134 cm³/mol. The van der Waals surface area contributed by atoms with Crippen molar-refractivity contribution in [3.05, 3.63) is 90.9 Å². The molecule has 1 amide bonds. The zero-order valence-electron chi connectivity index (χ0n) is 18.1. The molecule has 1 N–H and O–H groups in total. The van der Waals surface area contributed by atoms with Gasteiger partial charge in [0.05, 0.1) is 28.3 Å². The van der Waals surface area contributed by atoms with Gasteiger partial charge in [0.2, 0.25) is 0 Å². The summed E-state index contributed by atoms with van der Waals surface area (Å²) < 4.78 is 17.3. The van der Waals surface area contributed by atoms with E-state index in [0.717, 1.165) is 4.47 Å². The van der Waals surface area contributed by atoms with E-state index in [9.17, 15) is 19.7 Å². The number of nitrogens with zero attached hydrogens (tertiary/aromatic N) is 2. The average molecular weight is 607 g/mol. The largest absolute Gasteiger partial charge is 0.493 e. The van der Waals surface area contributed by atoms with Crippen LogP contribution in [0.1, 0.15) is 15.9 Å². The second kappa shape index (κ2) is 12.1. The van der Waals surface area contributed by atoms with Crippen molar-refractivity contribution in [3.63, 3.8) is 0 Å². The van der Waals surface area contributed by atoms with Crippen LogP contribution >= 0.6 is 31.9 Å². The van der Waals surface area contributed by atoms with Crippen molar-refractivity contribution in [2.75, 3.05) is 13.7 Å². The summed E-state index contributed by atoms with van der Waals surface area (Å²) >= 11 is 6.65. The summed E-state index contributed by atoms with van der Waals surface area (Å²) in [6.45, 7) is -0.267. The minimum Gasteiger partial charge on any atom is -0.493 e. The SMILES string of the molecule is COc1cc(Br)ccc1OCC(=O)N/N=C/c1ccc(OC(=O)c2ccc([N+](=O)[O-])cc2)c(Br)c1. The third-order valence-electron chi connectivity index (χ3n) is 4.36. The Morgan fingerprint density at radius 3 is 2.40 bits per heavy atom. The van der Waals surface area contributed by atoms with Gasteiger partial charge in [-0.3, -0.25) is 14.9 Å². The zero-order valence-corrected chi connectivity index (χ0v) is 21.2. The third-order valence-corrected chi connectivity index (χ3v) is 5.47. The Hall–Kier alpha value is -3.77. The molecule has 180 valence electrons. The molecule has 3 aromatic carbocycles. The number of carbonyl (C=O) groups excluding carboxylic acids is 2. The van der Waals surface area contributed by atoms with E-state index < -0.39 is 16.8 Å². The summed E-state index contributed by atoms with van der Waals surface area (Å²) in [5, 5.41) is 14.6. The maximum absolute atomic E-state index is 12.3. The Balaban J connectivity index is 1.53. The summed E-state index contributed by atoms with van der Waals surface area (Å²) in [6, 6.07) is 15.0. The van der Waals surface area contributed by atoms with Crippen molar-refractivity contribution in [2.24, 2.45) is 5.10 Å². The molecular formula is C23H17Br2N3O7. The molecule has 0 aliphatic heterocycles. The number of ether oxygens (including phenoxy) is 3. The Morgan fingerprint density at radius 1 is 1.03 bits per heavy atom. The van der Waals surface area contributed by atoms with Gasteiger partial charge in [0.15, 0.2) is 18.1 Å². The highest BCUT2D eigenvalue weighted by atomic mass is 79.9. The number of rotatable bonds is 9. The van der Waals surface area contributed by atoms with Crippen molar-refractivity contribution in [2.45, 2.75) is 0 Å². The Bertz CT molecular complexity index is 1280. The number of nitro groups is 1. The summed E-state index contributed by atoms with van der Waals surface area (Å²) in [6.07, 6.45) is 1.41. The summed E-state index contributed by atoms with van der Waals surface area (Å²) in [7, 11) is 1.50. The molecular weight excluding hydrogens is 590 g/mol. The van der Waals surface area contributed by atoms with E-state index in [4.69, 9.17) is 14.2 Å². The van der Waals surface area contributed by atoms with Gasteiger partial charge in [0, 0.05) is 16.6 Å². The summed E-state index contributed by atoms with van der Waals surface area (Å²) in [5.41, 5.74) is 3.01. The lowest BCUT2D eigenvalue weighted by Gasteiger charge is -2.10. The molecule has 0 aliphatic rings. The Kier molecular flexibility index (Phi) is 8.92. The lowest BCUT2D eigenvalue weighted by molar-refractivity contribution is -0.384. The number of hydrogen-bond acceptors (Lipinski definition) is 8. The maximum Gasteiger partial charge on any atom is 0.343 e. The molecule has 0 radical (unpaired) electrons. The van der Waals surface area contributed by atoms with E-state index >= 15 is 0 Å². The standard InChI is InChI=1S/C23H17Br2N3O7/c1-33-21-11-16(24)5-9-20(21)34-13-22(29)27-26-12-14-2-8-19(18(25)10-14)35-23(30)15-3-6-17(7-4-15)28(31)32/h2-12H,13H2,1H3,(H,27,29)/b26-12+. The first kappa shape index (κ1) is 25.8. The highest BCUT2D eigenvalue weighted by molar-refractivity contribution is 9.10. The predicted octanol–water partition coefficient (Wildman–Crippen LogP) is 4.88. The molecule has 0 aliphatic carbocycles. The van der Waals surface area contributed by atoms with Gasteiger partial charge in [0.1, 0.15) is 5.75 Å². The van der Waals surface area contributed by atoms with Crippen LogP contribution in [0.25, 0.3) is 0 Å². The highest BCUT2D eigenvalue weighted by Crippen LogP contribution is 2.30. The zero-order chi connectivity index (χ0) is 25.4. The van der Waals surface area contributed by atoms with Crippen molar-refractivity contribution in [3.8, 4) is 17.2 Å². The molecule has 0 bridgehead atoms. The van der Waals surface area contributed by atoms with E-state index in [1.807, 2.05) is 0 Å². The van der Waals surface area contributed by atoms with Crippen molar-refractivity contribution < 1.29 is 28.7 Å². The number of methoxy groups -OCH3 is 1. The Morgan fingerprint density at radius 2 is 1.74 bits per heavy atom. The number of halogens is 2. The van der Waals surface area contributed by atoms with Crippen LogP contribution in [-0.2, 0) is 4.79 Å². The molecule has 35 heavy (non-hydrogen) atoms. The van der Waals surface area contributed by atoms with Crippen LogP contribution in [0.5, 0.6) is 17.2 Å². The van der Waals surface area contributed by atoms with Crippen LogP contribution in [0.2, 0.25) is 0 Å². The first-order chi connectivity index (χ1) is 16.8. The normalized spacial score (nSPS) is 10.6. The number of carbonyl (C=O) groups is 2. The van der Waals surface area contributed by atoms with Gasteiger partial charge in [-0.25, -0.2) is 10.2 Å². The molecule has 0 saturated carbocycles. The topological polar surface area (TPSA) is 129 Å². The van der Waals surface area contributed by atoms with E-state index in [-0.39, 0.29) is 23.6 Å². The summed E-state index contributed by atoms with van der Waals surface area (Å²) in [5.74, 6) is -0.00508. The maximum atomic E-state index is 12.3. The van der Waals surface area contributed by atoms with Crippen LogP contribution in [0.3, 0.4) is 0 Å². The molecule has 0 spiro atoms. The van der Waals surface area contributed by atoms with E-state index in [1.165, 1.54) is 37.6 Å². The van der Waals surface area contributed by atoms with E-state index in [0.29, 0.717) is 21.5 Å². The molecule has 0 atom stereocenters. The molecule has 0 heterocycles. The summed E-state index contributed by atoms with van der Waals surface area (Å²) in [4.78, 5) is 34.5. The second-order valence-corrected chi connectivity index (χ2v) is 8.53. The molecule has 0 saturated heterocycles. The van der Waals surface area contributed by atoms with Crippen molar-refractivity contribution in [1.29, 1.82) is 0 Å². The number of non-ortho nitro benzene ring substituents is 1. The second-order valence-electron chi connectivity index (χ2n) is 6.76. The number of nitrogens with one attached hydrogen (secondary N) is 1. The molecule has 3 rings (SSSR count). The van der Waals surface area contributed by atoms with Gasteiger partial charge in [-0.1, -0.05) is 15.9 Å². The first-order valence-corrected chi connectivity index (χ1v) is 11.4. The fraction of sp³-hybridized carbons (Fsp3) is 0.0870. The first-order valence-electron chi connectivity index (χ1n) is 9.81. The van der Waals surface area contributed by atoms with Crippen LogP contribution in [-0.4, -0.2) is 36.7 Å². The molecule has 0 fully saturated rings. The number of amides is 1. The van der Waals surface area contributed by atoms with Crippen molar-refractivity contribution >= 4 is 55.6 Å². The molecule has 0 unspecified atom stereocenters. The number of hydrazone groups is 1. The lowest BCUT2D eigenvalue weighted by Crippen LogP contribution is -2.24. The van der Waals surface area contributed by atoms with Crippen LogP contribution in [0.15, 0.2) is 74.7 Å². The van der Waals surface area contributed by atoms with Gasteiger partial charge in [0.25, 0.3) is 11.6 Å². The number of nitro benzene ring substituents is 1. The third kappa shape index (κ3) is 7.36. The van der Waals surface area contributed by atoms with Gasteiger partial charge >= 0.3 is 5.97 Å². The van der Waals surface area contributed by atoms with Gasteiger partial charge in [-0.05, 0) is 70.0 Å². The van der Waals surface area contributed by atoms with Crippen LogP contribution < -0.4 is 19.6 Å². The minimum atomic E-state index is -0.670. The van der Waals surface area contributed by atoms with Crippen LogP contribution in [0, 0.1) is 10.1 Å². The highest BCUT2D eigenvalue weighted by Gasteiger charge is 2.13.